The molecule has 0 saturated carbocycles. The summed E-state index contributed by atoms with van der Waals surface area (Å²) in [5.74, 6) is -0.493. The molecule has 3 rings (SSSR count). The van der Waals surface area contributed by atoms with Crippen molar-refractivity contribution in [3.05, 3.63) is 59.4 Å². The molecule has 1 heterocycles. The zero-order chi connectivity index (χ0) is 15.9. The van der Waals surface area contributed by atoms with Gasteiger partial charge in [-0.05, 0) is 43.7 Å². The topological polar surface area (TPSA) is 57.6 Å². The molecule has 6 heteroatoms. The molecule has 0 radical (unpaired) electrons. The van der Waals surface area contributed by atoms with Crippen molar-refractivity contribution in [3.8, 4) is 0 Å². The van der Waals surface area contributed by atoms with E-state index in [1.54, 1.807) is 24.3 Å². The van der Waals surface area contributed by atoms with Crippen LogP contribution in [-0.2, 0) is 10.0 Å². The number of aryl methyl sites for hydroxylation is 1. The monoisotopic (exact) mass is 321 g/mol. The first-order valence-corrected chi connectivity index (χ1v) is 8.40. The molecule has 0 aromatic heterocycles. The lowest BCUT2D eigenvalue weighted by Crippen LogP contribution is -2.36. The van der Waals surface area contributed by atoms with Crippen LogP contribution in [0.5, 0.6) is 0 Å². The molecule has 22 heavy (non-hydrogen) atoms. The predicted molar refractivity (Wildman–Crippen MR) is 81.7 cm³/mol. The summed E-state index contributed by atoms with van der Waals surface area (Å²) in [6.07, 6.45) is -0.614. The maximum atomic E-state index is 13.4. The van der Waals surface area contributed by atoms with Gasteiger partial charge in [-0.25, -0.2) is 12.8 Å². The zero-order valence-corrected chi connectivity index (χ0v) is 12.8. The third-order valence-corrected chi connectivity index (χ3v) is 5.66. The van der Waals surface area contributed by atoms with Gasteiger partial charge in [0.2, 0.25) is 0 Å². The van der Waals surface area contributed by atoms with Gasteiger partial charge in [0.25, 0.3) is 10.0 Å². The number of anilines is 1. The Morgan fingerprint density at radius 2 is 1.86 bits per heavy atom. The van der Waals surface area contributed by atoms with Crippen LogP contribution in [0, 0.1) is 12.7 Å². The van der Waals surface area contributed by atoms with Gasteiger partial charge in [0.1, 0.15) is 5.82 Å². The highest BCUT2D eigenvalue weighted by atomic mass is 32.2. The van der Waals surface area contributed by atoms with Crippen LogP contribution < -0.4 is 4.31 Å². The molecule has 116 valence electrons. The molecule has 0 amide bonds. The minimum Gasteiger partial charge on any atom is -0.388 e. The molecule has 1 aliphatic heterocycles. The Hall–Kier alpha value is -1.92. The fourth-order valence-electron chi connectivity index (χ4n) is 2.62. The lowest BCUT2D eigenvalue weighted by molar-refractivity contribution is 0.166. The number of halogens is 1. The fourth-order valence-corrected chi connectivity index (χ4v) is 4.13. The number of hydrogen-bond acceptors (Lipinski definition) is 3. The van der Waals surface area contributed by atoms with Gasteiger partial charge in [0.15, 0.2) is 0 Å². The number of aliphatic hydroxyl groups excluding tert-OH is 1. The molecule has 0 bridgehead atoms. The summed E-state index contributed by atoms with van der Waals surface area (Å²) in [5, 5.41) is 9.99. The first kappa shape index (κ1) is 15.0. The van der Waals surface area contributed by atoms with E-state index in [0.29, 0.717) is 11.3 Å². The summed E-state index contributed by atoms with van der Waals surface area (Å²) in [6, 6.07) is 10.4. The normalized spacial score (nSPS) is 18.1. The molecular formula is C16H16FNO3S. The molecule has 2 aromatic carbocycles. The minimum atomic E-state index is -3.73. The maximum absolute atomic E-state index is 13.4. The predicted octanol–water partition coefficient (Wildman–Crippen LogP) is 2.77. The van der Waals surface area contributed by atoms with E-state index in [0.717, 1.165) is 5.56 Å². The highest BCUT2D eigenvalue weighted by molar-refractivity contribution is 7.92. The number of rotatable bonds is 2. The van der Waals surface area contributed by atoms with Crippen molar-refractivity contribution in [2.75, 3.05) is 10.8 Å². The summed E-state index contributed by atoms with van der Waals surface area (Å²) in [6.45, 7) is 2.04. The van der Waals surface area contributed by atoms with E-state index in [9.17, 15) is 17.9 Å². The van der Waals surface area contributed by atoms with Crippen molar-refractivity contribution >= 4 is 15.7 Å². The van der Waals surface area contributed by atoms with Crippen LogP contribution in [0.15, 0.2) is 47.4 Å². The van der Waals surface area contributed by atoms with Crippen molar-refractivity contribution < 1.29 is 17.9 Å². The van der Waals surface area contributed by atoms with Gasteiger partial charge < -0.3 is 5.11 Å². The van der Waals surface area contributed by atoms with Crippen LogP contribution in [0.4, 0.5) is 10.1 Å². The Morgan fingerprint density at radius 3 is 2.55 bits per heavy atom. The molecule has 1 atom stereocenters. The first-order chi connectivity index (χ1) is 10.4. The number of aliphatic hydroxyl groups is 1. The van der Waals surface area contributed by atoms with Gasteiger partial charge in [0, 0.05) is 12.1 Å². The summed E-state index contributed by atoms with van der Waals surface area (Å²) in [7, 11) is -3.73. The van der Waals surface area contributed by atoms with Gasteiger partial charge in [-0.3, -0.25) is 4.31 Å². The van der Waals surface area contributed by atoms with Crippen molar-refractivity contribution in [1.29, 1.82) is 0 Å². The third-order valence-electron chi connectivity index (χ3n) is 3.83. The molecule has 0 spiro atoms. The van der Waals surface area contributed by atoms with E-state index in [-0.39, 0.29) is 17.9 Å². The van der Waals surface area contributed by atoms with Crippen LogP contribution in [0.2, 0.25) is 0 Å². The maximum Gasteiger partial charge on any atom is 0.264 e. The molecule has 1 aliphatic rings. The second-order valence-corrected chi connectivity index (χ2v) is 7.26. The minimum absolute atomic E-state index is 0.163. The van der Waals surface area contributed by atoms with Crippen molar-refractivity contribution in [2.24, 2.45) is 0 Å². The summed E-state index contributed by atoms with van der Waals surface area (Å²) >= 11 is 0. The molecule has 1 N–H and O–H groups in total. The summed E-state index contributed by atoms with van der Waals surface area (Å²) < 4.78 is 40.2. The van der Waals surface area contributed by atoms with E-state index >= 15 is 0 Å². The highest BCUT2D eigenvalue weighted by Crippen LogP contribution is 2.37. The lowest BCUT2D eigenvalue weighted by atomic mass is 10.0. The molecular weight excluding hydrogens is 305 g/mol. The Labute approximate surface area is 128 Å². The van der Waals surface area contributed by atoms with Gasteiger partial charge in [-0.1, -0.05) is 17.7 Å². The second kappa shape index (κ2) is 5.37. The van der Waals surface area contributed by atoms with E-state index in [4.69, 9.17) is 0 Å². The molecule has 1 unspecified atom stereocenters. The van der Waals surface area contributed by atoms with Crippen LogP contribution in [0.25, 0.3) is 0 Å². The van der Waals surface area contributed by atoms with Crippen LogP contribution in [0.3, 0.4) is 0 Å². The third kappa shape index (κ3) is 2.48. The SMILES string of the molecule is Cc1ccc(S(=O)(=O)N2CCC(O)c3cc(F)ccc32)cc1. The lowest BCUT2D eigenvalue weighted by Gasteiger charge is -2.33. The zero-order valence-electron chi connectivity index (χ0n) is 12.0. The Morgan fingerprint density at radius 1 is 1.18 bits per heavy atom. The molecule has 0 aliphatic carbocycles. The standard InChI is InChI=1S/C16H16FNO3S/c1-11-2-5-13(6-3-11)22(20,21)18-9-8-16(19)14-10-12(17)4-7-15(14)18/h2-7,10,16,19H,8-9H2,1H3. The quantitative estimate of drug-likeness (QED) is 0.925. The second-order valence-electron chi connectivity index (χ2n) is 5.40. The fraction of sp³-hybridized carbons (Fsp3) is 0.250. The van der Waals surface area contributed by atoms with E-state index in [1.165, 1.54) is 22.5 Å². The summed E-state index contributed by atoms with van der Waals surface area (Å²) in [4.78, 5) is 0.185. The van der Waals surface area contributed by atoms with Crippen molar-refractivity contribution in [2.45, 2.75) is 24.3 Å². The Bertz CT molecular complexity index is 803. The van der Waals surface area contributed by atoms with Gasteiger partial charge in [-0.15, -0.1) is 0 Å². The van der Waals surface area contributed by atoms with Crippen molar-refractivity contribution in [3.63, 3.8) is 0 Å². The average Bonchev–Trinajstić information content (AvgIpc) is 2.48. The largest absolute Gasteiger partial charge is 0.388 e. The van der Waals surface area contributed by atoms with Gasteiger partial charge >= 0.3 is 0 Å². The van der Waals surface area contributed by atoms with E-state index in [2.05, 4.69) is 0 Å². The molecule has 0 saturated heterocycles. The molecule has 0 fully saturated rings. The first-order valence-electron chi connectivity index (χ1n) is 6.96. The van der Waals surface area contributed by atoms with Crippen LogP contribution in [-0.4, -0.2) is 20.1 Å². The number of benzene rings is 2. The van der Waals surface area contributed by atoms with Gasteiger partial charge in [0.05, 0.1) is 16.7 Å². The number of hydrogen-bond donors (Lipinski definition) is 1. The van der Waals surface area contributed by atoms with Gasteiger partial charge in [-0.2, -0.15) is 0 Å². The average molecular weight is 321 g/mol. The van der Waals surface area contributed by atoms with E-state index in [1.807, 2.05) is 6.92 Å². The van der Waals surface area contributed by atoms with Crippen molar-refractivity contribution in [1.82, 2.24) is 0 Å². The van der Waals surface area contributed by atoms with E-state index < -0.39 is 21.9 Å². The van der Waals surface area contributed by atoms with Crippen LogP contribution >= 0.6 is 0 Å². The smallest absolute Gasteiger partial charge is 0.264 e. The van der Waals surface area contributed by atoms with Crippen LogP contribution in [0.1, 0.15) is 23.7 Å². The Balaban J connectivity index is 2.09. The number of nitrogens with zero attached hydrogens (tertiary/aromatic N) is 1. The molecule has 2 aromatic rings. The molecule has 4 nitrogen and oxygen atoms in total. The number of sulfonamides is 1. The number of fused-ring (bicyclic) bond motifs is 1. The Kier molecular flexibility index (Phi) is 3.66. The highest BCUT2D eigenvalue weighted by Gasteiger charge is 2.32. The summed E-state index contributed by atoms with van der Waals surface area (Å²) in [5.41, 5.74) is 1.61.